The molecule has 6 heteroatoms. The average molecular weight is 342 g/mol. The molecule has 1 aromatic heterocycles. The van der Waals surface area contributed by atoms with Crippen molar-refractivity contribution in [2.45, 2.75) is 48.7 Å². The van der Waals surface area contributed by atoms with E-state index in [0.717, 1.165) is 41.8 Å². The summed E-state index contributed by atoms with van der Waals surface area (Å²) in [6, 6.07) is 7.92. The second kappa shape index (κ2) is 7.77. The molecule has 3 rings (SSSR count). The Labute approximate surface area is 146 Å². The molecule has 1 saturated carbocycles. The molecular formula is C18H22N4OS. The lowest BCUT2D eigenvalue weighted by Gasteiger charge is -2.26. The van der Waals surface area contributed by atoms with Gasteiger partial charge in [-0.1, -0.05) is 6.42 Å². The van der Waals surface area contributed by atoms with E-state index in [1.165, 1.54) is 11.8 Å². The first-order valence-electron chi connectivity index (χ1n) is 8.24. The summed E-state index contributed by atoms with van der Waals surface area (Å²) in [6.45, 7) is 2.00. The summed E-state index contributed by atoms with van der Waals surface area (Å²) < 4.78 is 0. The molecular weight excluding hydrogens is 320 g/mol. The topological polar surface area (TPSA) is 80.9 Å². The molecule has 2 aromatic rings. The third kappa shape index (κ3) is 4.33. The molecule has 1 amide bonds. The van der Waals surface area contributed by atoms with Crippen LogP contribution in [0.3, 0.4) is 0 Å². The number of aromatic nitrogens is 2. The predicted octanol–water partition coefficient (Wildman–Crippen LogP) is 3.39. The van der Waals surface area contributed by atoms with E-state index in [4.69, 9.17) is 5.73 Å². The summed E-state index contributed by atoms with van der Waals surface area (Å²) in [5.41, 5.74) is 7.88. The standard InChI is InChI=1S/C18H22N4OS/c1-12-10-15(24-18-20-8-3-9-21-18)6-7-16(12)22-17(23)13-4-2-5-14(19)11-13/h3,6-10,13-14H,2,4-5,11,19H2,1H3,(H,22,23). The first kappa shape index (κ1) is 16.9. The normalized spacial score (nSPS) is 20.6. The van der Waals surface area contributed by atoms with Crippen LogP contribution in [-0.4, -0.2) is 21.9 Å². The minimum absolute atomic E-state index is 0.0277. The number of benzene rings is 1. The lowest BCUT2D eigenvalue weighted by Crippen LogP contribution is -2.34. The van der Waals surface area contributed by atoms with Crippen molar-refractivity contribution in [3.8, 4) is 0 Å². The fourth-order valence-electron chi connectivity index (χ4n) is 2.98. The van der Waals surface area contributed by atoms with Crippen molar-refractivity contribution in [3.63, 3.8) is 0 Å². The summed E-state index contributed by atoms with van der Waals surface area (Å²) in [4.78, 5) is 21.9. The maximum atomic E-state index is 12.4. The largest absolute Gasteiger partial charge is 0.328 e. The summed E-state index contributed by atoms with van der Waals surface area (Å²) in [5.74, 6) is 0.111. The fraction of sp³-hybridized carbons (Fsp3) is 0.389. The van der Waals surface area contributed by atoms with Crippen molar-refractivity contribution in [2.75, 3.05) is 5.32 Å². The van der Waals surface area contributed by atoms with Gasteiger partial charge in [0, 0.05) is 34.9 Å². The predicted molar refractivity (Wildman–Crippen MR) is 95.9 cm³/mol. The average Bonchev–Trinajstić information content (AvgIpc) is 2.58. The summed E-state index contributed by atoms with van der Waals surface area (Å²) in [7, 11) is 0. The Kier molecular flexibility index (Phi) is 5.48. The molecule has 1 aliphatic carbocycles. The number of anilines is 1. The van der Waals surface area contributed by atoms with Gasteiger partial charge in [-0.3, -0.25) is 4.79 Å². The number of aryl methyl sites for hydroxylation is 1. The van der Waals surface area contributed by atoms with E-state index < -0.39 is 0 Å². The van der Waals surface area contributed by atoms with Crippen LogP contribution in [0.1, 0.15) is 31.2 Å². The summed E-state index contributed by atoms with van der Waals surface area (Å²) in [6.07, 6.45) is 7.22. The maximum absolute atomic E-state index is 12.4. The maximum Gasteiger partial charge on any atom is 0.227 e. The van der Waals surface area contributed by atoms with Crippen molar-refractivity contribution in [1.29, 1.82) is 0 Å². The molecule has 1 aromatic carbocycles. The third-order valence-electron chi connectivity index (χ3n) is 4.29. The Balaban J connectivity index is 1.65. The smallest absolute Gasteiger partial charge is 0.227 e. The lowest BCUT2D eigenvalue weighted by atomic mass is 9.85. The Hall–Kier alpha value is -1.92. The number of carbonyl (C=O) groups excluding carboxylic acids is 1. The number of nitrogens with two attached hydrogens (primary N) is 1. The van der Waals surface area contributed by atoms with E-state index in [0.29, 0.717) is 5.16 Å². The highest BCUT2D eigenvalue weighted by molar-refractivity contribution is 7.99. The highest BCUT2D eigenvalue weighted by Crippen LogP contribution is 2.29. The van der Waals surface area contributed by atoms with Gasteiger partial charge in [-0.2, -0.15) is 0 Å². The van der Waals surface area contributed by atoms with Gasteiger partial charge in [0.15, 0.2) is 5.16 Å². The Morgan fingerprint density at radius 2 is 2.08 bits per heavy atom. The number of hydrogen-bond donors (Lipinski definition) is 2. The Morgan fingerprint density at radius 1 is 1.29 bits per heavy atom. The number of nitrogens with zero attached hydrogens (tertiary/aromatic N) is 2. The molecule has 0 spiro atoms. The van der Waals surface area contributed by atoms with Crippen molar-refractivity contribution < 1.29 is 4.79 Å². The molecule has 3 N–H and O–H groups in total. The van der Waals surface area contributed by atoms with E-state index in [1.807, 2.05) is 25.1 Å². The van der Waals surface area contributed by atoms with Gasteiger partial charge >= 0.3 is 0 Å². The van der Waals surface area contributed by atoms with E-state index in [-0.39, 0.29) is 17.9 Å². The zero-order valence-corrected chi connectivity index (χ0v) is 14.6. The van der Waals surface area contributed by atoms with Crippen molar-refractivity contribution in [3.05, 3.63) is 42.2 Å². The number of rotatable bonds is 4. The Morgan fingerprint density at radius 3 is 2.79 bits per heavy atom. The molecule has 0 bridgehead atoms. The second-order valence-corrected chi connectivity index (χ2v) is 7.26. The van der Waals surface area contributed by atoms with Crippen LogP contribution in [0.5, 0.6) is 0 Å². The Bertz CT molecular complexity index is 707. The van der Waals surface area contributed by atoms with E-state index in [9.17, 15) is 4.79 Å². The third-order valence-corrected chi connectivity index (χ3v) is 5.18. The molecule has 0 saturated heterocycles. The lowest BCUT2D eigenvalue weighted by molar-refractivity contribution is -0.120. The molecule has 5 nitrogen and oxygen atoms in total. The monoisotopic (exact) mass is 342 g/mol. The van der Waals surface area contributed by atoms with Gasteiger partial charge < -0.3 is 11.1 Å². The quantitative estimate of drug-likeness (QED) is 0.833. The van der Waals surface area contributed by atoms with Crippen LogP contribution in [0, 0.1) is 12.8 Å². The zero-order chi connectivity index (χ0) is 16.9. The molecule has 2 atom stereocenters. The first-order valence-corrected chi connectivity index (χ1v) is 9.05. The molecule has 24 heavy (non-hydrogen) atoms. The van der Waals surface area contributed by atoms with Crippen LogP contribution < -0.4 is 11.1 Å². The van der Waals surface area contributed by atoms with Crippen LogP contribution in [0.4, 0.5) is 5.69 Å². The molecule has 0 radical (unpaired) electrons. The summed E-state index contributed by atoms with van der Waals surface area (Å²) in [5, 5.41) is 3.77. The molecule has 1 fully saturated rings. The van der Waals surface area contributed by atoms with Gasteiger partial charge in [-0.15, -0.1) is 0 Å². The SMILES string of the molecule is Cc1cc(Sc2ncccn2)ccc1NC(=O)C1CCCC(N)C1. The van der Waals surface area contributed by atoms with Crippen LogP contribution in [0.25, 0.3) is 0 Å². The van der Waals surface area contributed by atoms with E-state index in [2.05, 4.69) is 15.3 Å². The van der Waals surface area contributed by atoms with Crippen LogP contribution in [-0.2, 0) is 4.79 Å². The molecule has 2 unspecified atom stereocenters. The minimum Gasteiger partial charge on any atom is -0.328 e. The minimum atomic E-state index is 0.0277. The highest BCUT2D eigenvalue weighted by Gasteiger charge is 2.25. The van der Waals surface area contributed by atoms with Crippen molar-refractivity contribution in [1.82, 2.24) is 9.97 Å². The number of hydrogen-bond acceptors (Lipinski definition) is 5. The fourth-order valence-corrected chi connectivity index (χ4v) is 3.79. The van der Waals surface area contributed by atoms with Crippen LogP contribution in [0.2, 0.25) is 0 Å². The second-order valence-electron chi connectivity index (χ2n) is 6.22. The molecule has 1 aliphatic rings. The van der Waals surface area contributed by atoms with Crippen molar-refractivity contribution in [2.24, 2.45) is 11.7 Å². The van der Waals surface area contributed by atoms with Gasteiger partial charge in [-0.25, -0.2) is 9.97 Å². The molecule has 1 heterocycles. The van der Waals surface area contributed by atoms with E-state index >= 15 is 0 Å². The van der Waals surface area contributed by atoms with Gasteiger partial charge in [0.05, 0.1) is 0 Å². The highest BCUT2D eigenvalue weighted by atomic mass is 32.2. The van der Waals surface area contributed by atoms with Crippen LogP contribution >= 0.6 is 11.8 Å². The molecule has 126 valence electrons. The number of carbonyl (C=O) groups is 1. The number of amides is 1. The van der Waals surface area contributed by atoms with Gasteiger partial charge in [-0.05, 0) is 67.8 Å². The van der Waals surface area contributed by atoms with Gasteiger partial charge in [0.2, 0.25) is 5.91 Å². The van der Waals surface area contributed by atoms with E-state index in [1.54, 1.807) is 18.5 Å². The first-order chi connectivity index (χ1) is 11.6. The summed E-state index contributed by atoms with van der Waals surface area (Å²) >= 11 is 1.51. The van der Waals surface area contributed by atoms with Crippen molar-refractivity contribution >= 4 is 23.4 Å². The van der Waals surface area contributed by atoms with Gasteiger partial charge in [0.1, 0.15) is 0 Å². The number of nitrogens with one attached hydrogen (secondary N) is 1. The van der Waals surface area contributed by atoms with Gasteiger partial charge in [0.25, 0.3) is 0 Å². The molecule has 0 aliphatic heterocycles. The zero-order valence-electron chi connectivity index (χ0n) is 13.7. The van der Waals surface area contributed by atoms with Crippen LogP contribution in [0.15, 0.2) is 46.7 Å².